The first-order valence-corrected chi connectivity index (χ1v) is 9.22. The lowest BCUT2D eigenvalue weighted by Crippen LogP contribution is -2.14. The van der Waals surface area contributed by atoms with E-state index in [9.17, 15) is 26.4 Å². The number of anilines is 1. The number of rotatable bonds is 5. The molecule has 0 atom stereocenters. The highest BCUT2D eigenvalue weighted by Gasteiger charge is 2.30. The van der Waals surface area contributed by atoms with Crippen LogP contribution in [0.15, 0.2) is 41.1 Å². The van der Waals surface area contributed by atoms with E-state index in [1.165, 1.54) is 0 Å². The van der Waals surface area contributed by atoms with Gasteiger partial charge in [0.25, 0.3) is 10.0 Å². The van der Waals surface area contributed by atoms with E-state index in [0.29, 0.717) is 6.20 Å². The van der Waals surface area contributed by atoms with Crippen LogP contribution in [0.2, 0.25) is 0 Å². The van der Waals surface area contributed by atoms with E-state index in [1.54, 1.807) is 0 Å². The maximum absolute atomic E-state index is 12.6. The summed E-state index contributed by atoms with van der Waals surface area (Å²) in [5.74, 6) is -1.44. The van der Waals surface area contributed by atoms with E-state index in [-0.39, 0.29) is 15.7 Å². The van der Waals surface area contributed by atoms with Gasteiger partial charge in [0, 0.05) is 6.20 Å². The van der Waals surface area contributed by atoms with Crippen molar-refractivity contribution in [1.82, 2.24) is 19.7 Å². The lowest BCUT2D eigenvalue weighted by molar-refractivity contribution is -0.137. The van der Waals surface area contributed by atoms with Crippen molar-refractivity contribution in [2.24, 2.45) is 0 Å². The van der Waals surface area contributed by atoms with Crippen molar-refractivity contribution in [2.75, 3.05) is 4.72 Å². The average Bonchev–Trinajstić information content (AvgIpc) is 3.23. The summed E-state index contributed by atoms with van der Waals surface area (Å²) in [6.45, 7) is 0. The van der Waals surface area contributed by atoms with Gasteiger partial charge in [-0.3, -0.25) is 4.72 Å². The molecule has 3 heterocycles. The molecule has 0 aliphatic rings. The highest BCUT2D eigenvalue weighted by molar-refractivity contribution is 7.93. The van der Waals surface area contributed by atoms with Gasteiger partial charge in [0.15, 0.2) is 11.5 Å². The Balaban J connectivity index is 1.86. The third-order valence-corrected chi connectivity index (χ3v) is 5.35. The number of halogens is 3. The topological polar surface area (TPSA) is 127 Å². The zero-order chi connectivity index (χ0) is 19.8. The summed E-state index contributed by atoms with van der Waals surface area (Å²) < 4.78 is 65.4. The molecule has 0 fully saturated rings. The molecule has 27 heavy (non-hydrogen) atoms. The summed E-state index contributed by atoms with van der Waals surface area (Å²) >= 11 is 0.778. The molecule has 3 aromatic rings. The molecular formula is C13H8F3N5O4S2. The number of alkyl halides is 3. The number of carboxylic acids is 1. The second kappa shape index (κ2) is 6.62. The van der Waals surface area contributed by atoms with Crippen molar-refractivity contribution < 1.29 is 31.5 Å². The minimum Gasteiger partial charge on any atom is -0.476 e. The summed E-state index contributed by atoms with van der Waals surface area (Å²) in [5, 5.41) is 12.5. The van der Waals surface area contributed by atoms with Crippen LogP contribution < -0.4 is 4.72 Å². The van der Waals surface area contributed by atoms with Crippen LogP contribution in [0.4, 0.5) is 18.2 Å². The molecule has 0 saturated heterocycles. The maximum Gasteiger partial charge on any atom is 0.417 e. The first-order valence-electron chi connectivity index (χ1n) is 6.86. The molecule has 3 rings (SSSR count). The quantitative estimate of drug-likeness (QED) is 0.649. The molecule has 0 spiro atoms. The van der Waals surface area contributed by atoms with Gasteiger partial charge in [0.05, 0.1) is 23.5 Å². The van der Waals surface area contributed by atoms with Gasteiger partial charge in [0.1, 0.15) is 9.90 Å². The largest absolute Gasteiger partial charge is 0.476 e. The van der Waals surface area contributed by atoms with Crippen LogP contribution in [0.1, 0.15) is 16.1 Å². The summed E-state index contributed by atoms with van der Waals surface area (Å²) in [4.78, 5) is 17.8. The highest BCUT2D eigenvalue weighted by atomic mass is 32.2. The molecule has 0 aliphatic heterocycles. The number of carbonyl (C=O) groups is 1. The normalized spacial score (nSPS) is 12.1. The predicted octanol–water partition coefficient (Wildman–Crippen LogP) is 2.24. The SMILES string of the molecule is O=C(O)c1ncsc1NS(=O)(=O)c1cnn(-c2ccc(C(F)(F)F)cn2)c1. The van der Waals surface area contributed by atoms with E-state index in [4.69, 9.17) is 5.11 Å². The molecule has 0 unspecified atom stereocenters. The van der Waals surface area contributed by atoms with Crippen molar-refractivity contribution in [3.05, 3.63) is 47.5 Å². The smallest absolute Gasteiger partial charge is 0.417 e. The number of hydrogen-bond donors (Lipinski definition) is 2. The Labute approximate surface area is 153 Å². The average molecular weight is 419 g/mol. The second-order valence-corrected chi connectivity index (χ2v) is 7.50. The summed E-state index contributed by atoms with van der Waals surface area (Å²) in [7, 11) is -4.19. The van der Waals surface area contributed by atoms with Gasteiger partial charge in [-0.25, -0.2) is 27.9 Å². The van der Waals surface area contributed by atoms with Gasteiger partial charge >= 0.3 is 12.1 Å². The molecule has 142 valence electrons. The van der Waals surface area contributed by atoms with Crippen molar-refractivity contribution >= 4 is 32.3 Å². The lowest BCUT2D eigenvalue weighted by Gasteiger charge is -2.06. The third-order valence-electron chi connectivity index (χ3n) is 3.18. The minimum absolute atomic E-state index is 0.0338. The molecule has 0 radical (unpaired) electrons. The van der Waals surface area contributed by atoms with Crippen molar-refractivity contribution in [3.63, 3.8) is 0 Å². The Kier molecular flexibility index (Phi) is 4.61. The van der Waals surface area contributed by atoms with Crippen LogP contribution in [0.3, 0.4) is 0 Å². The second-order valence-electron chi connectivity index (χ2n) is 4.96. The van der Waals surface area contributed by atoms with E-state index in [1.807, 2.05) is 0 Å². The van der Waals surface area contributed by atoms with E-state index in [0.717, 1.165) is 46.1 Å². The monoisotopic (exact) mass is 419 g/mol. The molecule has 3 aromatic heterocycles. The van der Waals surface area contributed by atoms with Gasteiger partial charge in [-0.05, 0) is 12.1 Å². The highest BCUT2D eigenvalue weighted by Crippen LogP contribution is 2.29. The fourth-order valence-corrected chi connectivity index (χ4v) is 3.83. The molecular weight excluding hydrogens is 411 g/mol. The van der Waals surface area contributed by atoms with Crippen molar-refractivity contribution in [3.8, 4) is 5.82 Å². The van der Waals surface area contributed by atoms with Crippen molar-refractivity contribution in [2.45, 2.75) is 11.1 Å². The first kappa shape index (κ1) is 18.8. The van der Waals surface area contributed by atoms with Crippen LogP contribution >= 0.6 is 11.3 Å². The first-order chi connectivity index (χ1) is 12.6. The number of nitrogens with zero attached hydrogens (tertiary/aromatic N) is 4. The minimum atomic E-state index is -4.55. The van der Waals surface area contributed by atoms with Crippen molar-refractivity contribution in [1.29, 1.82) is 0 Å². The molecule has 0 bridgehead atoms. The van der Waals surface area contributed by atoms with Gasteiger partial charge in [-0.15, -0.1) is 11.3 Å². The number of aromatic nitrogens is 4. The molecule has 14 heteroatoms. The zero-order valence-electron chi connectivity index (χ0n) is 12.9. The number of sulfonamides is 1. The standard InChI is InChI=1S/C13H8F3N5O4S2/c14-13(15,16)7-1-2-9(17-3-7)21-5-8(4-19-21)27(24,25)20-11-10(12(22)23)18-6-26-11/h1-6,20H,(H,22,23). The molecule has 0 aliphatic carbocycles. The number of hydrogen-bond acceptors (Lipinski definition) is 7. The van der Waals surface area contributed by atoms with Gasteiger partial charge in [-0.1, -0.05) is 0 Å². The van der Waals surface area contributed by atoms with Crippen LogP contribution in [0.5, 0.6) is 0 Å². The number of aromatic carboxylic acids is 1. The maximum atomic E-state index is 12.6. The van der Waals surface area contributed by atoms with E-state index < -0.39 is 33.4 Å². The molecule has 0 saturated carbocycles. The number of carboxylic acid groups (broad SMARTS) is 1. The number of thiazole rings is 1. The number of nitrogens with one attached hydrogen (secondary N) is 1. The Bertz CT molecular complexity index is 1090. The molecule has 9 nitrogen and oxygen atoms in total. The van der Waals surface area contributed by atoms with Crippen LogP contribution in [-0.2, 0) is 16.2 Å². The Hall–Kier alpha value is -3.00. The summed E-state index contributed by atoms with van der Waals surface area (Å²) in [5.41, 5.74) is -0.253. The molecule has 0 amide bonds. The zero-order valence-corrected chi connectivity index (χ0v) is 14.5. The van der Waals surface area contributed by atoms with Crippen LogP contribution in [0.25, 0.3) is 5.82 Å². The van der Waals surface area contributed by atoms with Crippen LogP contribution in [-0.4, -0.2) is 39.2 Å². The predicted molar refractivity (Wildman–Crippen MR) is 86.2 cm³/mol. The van der Waals surface area contributed by atoms with E-state index in [2.05, 4.69) is 19.8 Å². The van der Waals surface area contributed by atoms with Gasteiger partial charge in [0.2, 0.25) is 0 Å². The summed E-state index contributed by atoms with van der Waals surface area (Å²) in [6.07, 6.45) is -1.98. The molecule has 2 N–H and O–H groups in total. The summed E-state index contributed by atoms with van der Waals surface area (Å²) in [6, 6.07) is 1.82. The van der Waals surface area contributed by atoms with Gasteiger partial charge < -0.3 is 5.11 Å². The number of pyridine rings is 1. The Morgan fingerprint density at radius 3 is 2.56 bits per heavy atom. The van der Waals surface area contributed by atoms with Crippen LogP contribution in [0, 0.1) is 0 Å². The van der Waals surface area contributed by atoms with Gasteiger partial charge in [-0.2, -0.15) is 18.3 Å². The fraction of sp³-hybridized carbons (Fsp3) is 0.0769. The van der Waals surface area contributed by atoms with E-state index >= 15 is 0 Å². The third kappa shape index (κ3) is 3.90. The Morgan fingerprint density at radius 2 is 1.96 bits per heavy atom. The Morgan fingerprint density at radius 1 is 1.22 bits per heavy atom. The molecule has 0 aromatic carbocycles. The lowest BCUT2D eigenvalue weighted by atomic mass is 10.3. The fourth-order valence-electron chi connectivity index (χ4n) is 1.91.